The molecule has 13 nitrogen and oxygen atoms in total. The normalized spacial score (nSPS) is 22.3. The third-order valence-corrected chi connectivity index (χ3v) is 12.0. The molecule has 1 aliphatic carbocycles. The van der Waals surface area contributed by atoms with Gasteiger partial charge in [-0.1, -0.05) is 173 Å². The predicted molar refractivity (Wildman–Crippen MR) is 235 cm³/mol. The first kappa shape index (κ1) is 56.3. The van der Waals surface area contributed by atoms with Crippen LogP contribution in [0.15, 0.2) is 24.3 Å². The SMILES string of the molecule is CCCCCCCCCCC/C=C/C/C=C/CCCC(=O)OC[C@@H](COP(=O)(O)OC1C(O)C(O)C(O)[C@H](O)C1O)OC(=O)CCCCCCCCCCCCCCCC. The summed E-state index contributed by atoms with van der Waals surface area (Å²) in [6, 6.07) is 0. The summed E-state index contributed by atoms with van der Waals surface area (Å²) in [4.78, 5) is 35.7. The first-order valence-electron chi connectivity index (χ1n) is 23.6. The van der Waals surface area contributed by atoms with Crippen LogP contribution < -0.4 is 0 Å². The van der Waals surface area contributed by atoms with Gasteiger partial charge < -0.3 is 39.9 Å². The molecule has 1 saturated carbocycles. The molecule has 1 rings (SSSR count). The minimum atomic E-state index is -5.12. The van der Waals surface area contributed by atoms with E-state index >= 15 is 0 Å². The molecule has 60 heavy (non-hydrogen) atoms. The molecule has 6 N–H and O–H groups in total. The molecule has 0 aliphatic heterocycles. The van der Waals surface area contributed by atoms with Gasteiger partial charge in [0.25, 0.3) is 0 Å². The van der Waals surface area contributed by atoms with Gasteiger partial charge in [0.2, 0.25) is 0 Å². The van der Waals surface area contributed by atoms with Crippen molar-refractivity contribution in [3.8, 4) is 0 Å². The van der Waals surface area contributed by atoms with Crippen molar-refractivity contribution in [3.63, 3.8) is 0 Å². The fourth-order valence-electron chi connectivity index (χ4n) is 7.21. The number of hydrogen-bond donors (Lipinski definition) is 6. The summed E-state index contributed by atoms with van der Waals surface area (Å²) >= 11 is 0. The van der Waals surface area contributed by atoms with Crippen LogP contribution in [0.2, 0.25) is 0 Å². The third-order valence-electron chi connectivity index (χ3n) is 11.0. The van der Waals surface area contributed by atoms with Gasteiger partial charge in [0.15, 0.2) is 6.10 Å². The maximum absolute atomic E-state index is 12.8. The Labute approximate surface area is 362 Å². The lowest BCUT2D eigenvalue weighted by atomic mass is 9.85. The number of phosphoric ester groups is 1. The van der Waals surface area contributed by atoms with Crippen LogP contribution in [0, 0.1) is 0 Å². The summed E-state index contributed by atoms with van der Waals surface area (Å²) in [6.07, 6.45) is 26.7. The monoisotopic (exact) mass is 877 g/mol. The first-order valence-corrected chi connectivity index (χ1v) is 25.1. The Balaban J connectivity index is 2.47. The van der Waals surface area contributed by atoms with Crippen molar-refractivity contribution in [2.45, 2.75) is 243 Å². The number of aliphatic hydroxyl groups is 5. The Bertz CT molecular complexity index is 1150. The summed E-state index contributed by atoms with van der Waals surface area (Å²) in [5.74, 6) is -1.14. The van der Waals surface area contributed by atoms with Crippen LogP contribution in [0.25, 0.3) is 0 Å². The summed E-state index contributed by atoms with van der Waals surface area (Å²) in [5, 5.41) is 50.1. The van der Waals surface area contributed by atoms with E-state index < -0.39 is 75.7 Å². The molecule has 8 atom stereocenters. The molecule has 1 fully saturated rings. The molecule has 0 amide bonds. The van der Waals surface area contributed by atoms with E-state index in [1.54, 1.807) is 0 Å². The van der Waals surface area contributed by atoms with E-state index in [9.17, 15) is 44.6 Å². The lowest BCUT2D eigenvalue weighted by Crippen LogP contribution is -2.64. The first-order chi connectivity index (χ1) is 28.9. The van der Waals surface area contributed by atoms with E-state index in [-0.39, 0.29) is 12.8 Å². The molecule has 0 aromatic heterocycles. The molecule has 6 unspecified atom stereocenters. The summed E-state index contributed by atoms with van der Waals surface area (Å²) in [7, 11) is -5.12. The van der Waals surface area contributed by atoms with Crippen LogP contribution in [0.4, 0.5) is 0 Å². The summed E-state index contributed by atoms with van der Waals surface area (Å²) in [6.45, 7) is 3.27. The molecule has 14 heteroatoms. The van der Waals surface area contributed by atoms with Crippen LogP contribution in [-0.4, -0.2) is 98.3 Å². The lowest BCUT2D eigenvalue weighted by molar-refractivity contribution is -0.220. The van der Waals surface area contributed by atoms with E-state index in [0.717, 1.165) is 38.5 Å². The van der Waals surface area contributed by atoms with Gasteiger partial charge in [-0.2, -0.15) is 0 Å². The number of phosphoric acid groups is 1. The van der Waals surface area contributed by atoms with Gasteiger partial charge in [-0.15, -0.1) is 0 Å². The van der Waals surface area contributed by atoms with E-state index in [4.69, 9.17) is 18.5 Å². The molecule has 0 heterocycles. The fourth-order valence-corrected chi connectivity index (χ4v) is 8.18. The zero-order chi connectivity index (χ0) is 44.3. The number of allylic oxidation sites excluding steroid dienone is 4. The number of hydrogen-bond acceptors (Lipinski definition) is 12. The average molecular weight is 877 g/mol. The summed E-state index contributed by atoms with van der Waals surface area (Å²) < 4.78 is 33.5. The maximum atomic E-state index is 12.8. The molecule has 352 valence electrons. The van der Waals surface area contributed by atoms with Crippen molar-refractivity contribution in [1.82, 2.24) is 0 Å². The number of aliphatic hydroxyl groups excluding tert-OH is 5. The molecule has 0 spiro atoms. The molecule has 0 aromatic rings. The van der Waals surface area contributed by atoms with Gasteiger partial charge in [-0.05, 0) is 38.5 Å². The van der Waals surface area contributed by atoms with Crippen molar-refractivity contribution in [2.24, 2.45) is 0 Å². The Morgan fingerprint density at radius 2 is 0.917 bits per heavy atom. The van der Waals surface area contributed by atoms with Crippen LogP contribution >= 0.6 is 7.82 Å². The Hall–Kier alpha value is -1.67. The number of rotatable bonds is 39. The maximum Gasteiger partial charge on any atom is 0.472 e. The largest absolute Gasteiger partial charge is 0.472 e. The van der Waals surface area contributed by atoms with Crippen molar-refractivity contribution < 1.29 is 63.1 Å². The Morgan fingerprint density at radius 1 is 0.517 bits per heavy atom. The summed E-state index contributed by atoms with van der Waals surface area (Å²) in [5.41, 5.74) is 0. The quantitative estimate of drug-likeness (QED) is 0.0147. The zero-order valence-electron chi connectivity index (χ0n) is 37.3. The number of unbranched alkanes of at least 4 members (excludes halogenated alkanes) is 23. The predicted octanol–water partition coefficient (Wildman–Crippen LogP) is 9.23. The van der Waals surface area contributed by atoms with Crippen LogP contribution in [0.1, 0.15) is 200 Å². The van der Waals surface area contributed by atoms with E-state index in [1.807, 2.05) is 6.08 Å². The van der Waals surface area contributed by atoms with Crippen molar-refractivity contribution in [3.05, 3.63) is 24.3 Å². The highest BCUT2D eigenvalue weighted by Crippen LogP contribution is 2.47. The number of carbonyl (C=O) groups excluding carboxylic acids is 2. The second kappa shape index (κ2) is 36.8. The third kappa shape index (κ3) is 28.8. The number of esters is 2. The van der Waals surface area contributed by atoms with Crippen LogP contribution in [0.5, 0.6) is 0 Å². The highest BCUT2D eigenvalue weighted by atomic mass is 31.2. The van der Waals surface area contributed by atoms with E-state index in [1.165, 1.54) is 116 Å². The van der Waals surface area contributed by atoms with Crippen molar-refractivity contribution in [1.29, 1.82) is 0 Å². The highest BCUT2D eigenvalue weighted by Gasteiger charge is 2.51. The van der Waals surface area contributed by atoms with Gasteiger partial charge in [-0.3, -0.25) is 18.6 Å². The lowest BCUT2D eigenvalue weighted by Gasteiger charge is -2.41. The Kier molecular flexibility index (Phi) is 34.5. The molecule has 0 aromatic carbocycles. The van der Waals surface area contributed by atoms with E-state index in [0.29, 0.717) is 19.3 Å². The van der Waals surface area contributed by atoms with Gasteiger partial charge in [-0.25, -0.2) is 4.57 Å². The van der Waals surface area contributed by atoms with Gasteiger partial charge in [0, 0.05) is 12.8 Å². The minimum Gasteiger partial charge on any atom is -0.462 e. The van der Waals surface area contributed by atoms with Crippen LogP contribution in [-0.2, 0) is 32.7 Å². The zero-order valence-corrected chi connectivity index (χ0v) is 38.2. The van der Waals surface area contributed by atoms with Crippen LogP contribution in [0.3, 0.4) is 0 Å². The number of ether oxygens (including phenoxy) is 2. The molecule has 1 aliphatic rings. The second-order valence-corrected chi connectivity index (χ2v) is 18.0. The van der Waals surface area contributed by atoms with Gasteiger partial charge in [0.1, 0.15) is 43.2 Å². The molecular weight excluding hydrogens is 791 g/mol. The average Bonchev–Trinajstić information content (AvgIpc) is 3.23. The molecule has 0 saturated heterocycles. The van der Waals surface area contributed by atoms with E-state index in [2.05, 4.69) is 32.1 Å². The van der Waals surface area contributed by atoms with Gasteiger partial charge >= 0.3 is 19.8 Å². The highest BCUT2D eigenvalue weighted by molar-refractivity contribution is 7.47. The second-order valence-electron chi connectivity index (χ2n) is 16.6. The van der Waals surface area contributed by atoms with Gasteiger partial charge in [0.05, 0.1) is 6.61 Å². The fraction of sp³-hybridized carbons (Fsp3) is 0.870. The number of carbonyl (C=O) groups is 2. The standard InChI is InChI=1S/C46H85O13P/c1-3-5-7-9-11-13-15-17-19-20-21-23-24-26-28-30-32-34-39(47)56-36-38(37-57-60(54,55)59-46-44(52)42(50)41(49)43(51)45(46)53)58-40(48)35-33-31-29-27-25-22-18-16-14-12-10-8-6-4-2/h21,23,26,28,38,41-46,49-53H,3-20,22,24-25,27,29-37H2,1-2H3,(H,54,55)/b23-21+,28-26+/t38-,41?,42-,43?,44?,45?,46?/m0/s1. The van der Waals surface area contributed by atoms with Crippen molar-refractivity contribution >= 4 is 19.8 Å². The Morgan fingerprint density at radius 3 is 1.40 bits per heavy atom. The van der Waals surface area contributed by atoms with Crippen molar-refractivity contribution in [2.75, 3.05) is 13.2 Å². The molecular formula is C46H85O13P. The topological polar surface area (TPSA) is 210 Å². The molecule has 0 radical (unpaired) electrons. The minimum absolute atomic E-state index is 0.0924. The smallest absolute Gasteiger partial charge is 0.462 e. The molecule has 0 bridgehead atoms.